The van der Waals surface area contributed by atoms with Crippen LogP contribution in [-0.4, -0.2) is 29.1 Å². The molecular weight excluding hydrogens is 194 g/mol. The molecule has 1 aromatic carbocycles. The summed E-state index contributed by atoms with van der Waals surface area (Å²) in [5.74, 6) is -0.456. The Morgan fingerprint density at radius 3 is 2.60 bits per heavy atom. The number of hydrogen-bond acceptors (Lipinski definition) is 4. The lowest BCUT2D eigenvalue weighted by Crippen LogP contribution is -2.38. The van der Waals surface area contributed by atoms with Crippen LogP contribution in [-0.2, 0) is 4.79 Å². The van der Waals surface area contributed by atoms with Crippen molar-refractivity contribution >= 4 is 11.9 Å². The molecule has 0 saturated heterocycles. The van der Waals surface area contributed by atoms with E-state index in [1.54, 1.807) is 30.3 Å². The molecule has 0 bridgehead atoms. The summed E-state index contributed by atoms with van der Waals surface area (Å²) in [4.78, 5) is 24.8. The normalized spacial score (nSPS) is 13.7. The molecule has 0 aliphatic heterocycles. The summed E-state index contributed by atoms with van der Waals surface area (Å²) in [6, 6.07) is 8.37. The summed E-state index contributed by atoms with van der Waals surface area (Å²) in [6.45, 7) is 1.05. The molecular formula is C11H11NO3. The Kier molecular flexibility index (Phi) is 3.50. The van der Waals surface area contributed by atoms with Crippen molar-refractivity contribution in [2.45, 2.75) is 12.5 Å². The second-order valence-corrected chi connectivity index (χ2v) is 3.38. The average Bonchev–Trinajstić information content (AvgIpc) is 2.26. The maximum atomic E-state index is 11.7. The smallest absolute Gasteiger partial charge is 0.235 e. The second kappa shape index (κ2) is 4.64. The summed E-state index contributed by atoms with van der Waals surface area (Å²) in [5.41, 5.74) is -1.26. The van der Waals surface area contributed by atoms with Crippen molar-refractivity contribution in [3.63, 3.8) is 0 Å². The maximum absolute atomic E-state index is 11.7. The number of ketones is 1. The Labute approximate surface area is 87.3 Å². The minimum Gasteiger partial charge on any atom is -0.380 e. The number of benzene rings is 1. The van der Waals surface area contributed by atoms with Gasteiger partial charge in [0.05, 0.1) is 6.54 Å². The molecule has 0 fully saturated rings. The fourth-order valence-electron chi connectivity index (χ4n) is 1.16. The van der Waals surface area contributed by atoms with Crippen LogP contribution in [0, 0.1) is 0 Å². The number of aliphatic hydroxyl groups is 1. The summed E-state index contributed by atoms with van der Waals surface area (Å²) in [7, 11) is 0. The molecule has 0 amide bonds. The van der Waals surface area contributed by atoms with E-state index in [0.717, 1.165) is 0 Å². The molecule has 1 atom stereocenters. The van der Waals surface area contributed by atoms with Crippen LogP contribution < -0.4 is 0 Å². The Morgan fingerprint density at radius 1 is 1.47 bits per heavy atom. The fraction of sp³-hybridized carbons (Fsp3) is 0.273. The molecule has 0 saturated carbocycles. The van der Waals surface area contributed by atoms with Gasteiger partial charge in [-0.1, -0.05) is 30.3 Å². The van der Waals surface area contributed by atoms with Gasteiger partial charge in [0, 0.05) is 5.56 Å². The van der Waals surface area contributed by atoms with Gasteiger partial charge in [-0.2, -0.15) is 0 Å². The van der Waals surface area contributed by atoms with E-state index >= 15 is 0 Å². The Morgan fingerprint density at radius 2 is 2.07 bits per heavy atom. The third kappa shape index (κ3) is 2.84. The van der Waals surface area contributed by atoms with Crippen molar-refractivity contribution in [3.05, 3.63) is 35.9 Å². The first-order valence-corrected chi connectivity index (χ1v) is 4.44. The van der Waals surface area contributed by atoms with Crippen LogP contribution in [0.5, 0.6) is 0 Å². The van der Waals surface area contributed by atoms with Gasteiger partial charge in [0.1, 0.15) is 5.60 Å². The third-order valence-electron chi connectivity index (χ3n) is 1.98. The summed E-state index contributed by atoms with van der Waals surface area (Å²) < 4.78 is 0. The first-order valence-electron chi connectivity index (χ1n) is 4.44. The van der Waals surface area contributed by atoms with Crippen molar-refractivity contribution in [1.29, 1.82) is 0 Å². The highest BCUT2D eigenvalue weighted by Crippen LogP contribution is 2.13. The van der Waals surface area contributed by atoms with Gasteiger partial charge in [0.15, 0.2) is 5.78 Å². The van der Waals surface area contributed by atoms with Crippen LogP contribution in [0.25, 0.3) is 0 Å². The standard InChI is InChI=1S/C11H11NO3/c1-11(15,7-12-8-13)10(14)9-5-3-2-4-6-9/h2-6,15H,7H2,1H3. The van der Waals surface area contributed by atoms with E-state index in [4.69, 9.17) is 0 Å². The molecule has 4 nitrogen and oxygen atoms in total. The number of carbonyl (C=O) groups excluding carboxylic acids is 2. The third-order valence-corrected chi connectivity index (χ3v) is 1.98. The maximum Gasteiger partial charge on any atom is 0.235 e. The first kappa shape index (κ1) is 11.3. The lowest BCUT2D eigenvalue weighted by Gasteiger charge is -2.18. The van der Waals surface area contributed by atoms with Gasteiger partial charge in [0.25, 0.3) is 0 Å². The Hall–Kier alpha value is -1.77. The van der Waals surface area contributed by atoms with Crippen molar-refractivity contribution in [2.24, 2.45) is 4.99 Å². The number of rotatable bonds is 4. The van der Waals surface area contributed by atoms with Gasteiger partial charge in [0.2, 0.25) is 6.08 Å². The lowest BCUT2D eigenvalue weighted by atomic mass is 9.95. The molecule has 0 aliphatic rings. The van der Waals surface area contributed by atoms with Crippen LogP contribution in [0.15, 0.2) is 35.3 Å². The molecule has 0 spiro atoms. The van der Waals surface area contributed by atoms with Gasteiger partial charge in [-0.05, 0) is 6.92 Å². The number of Topliss-reactive ketones (excluding diaryl/α,β-unsaturated/α-hetero) is 1. The van der Waals surface area contributed by atoms with E-state index in [9.17, 15) is 14.7 Å². The SMILES string of the molecule is CC(O)(CN=C=O)C(=O)c1ccccc1. The van der Waals surface area contributed by atoms with Gasteiger partial charge in [-0.25, -0.2) is 9.79 Å². The quantitative estimate of drug-likeness (QED) is 0.452. The highest BCUT2D eigenvalue weighted by atomic mass is 16.3. The fourth-order valence-corrected chi connectivity index (χ4v) is 1.16. The van der Waals surface area contributed by atoms with E-state index in [-0.39, 0.29) is 6.54 Å². The van der Waals surface area contributed by atoms with Gasteiger partial charge < -0.3 is 5.11 Å². The van der Waals surface area contributed by atoms with Crippen LogP contribution in [0.4, 0.5) is 0 Å². The predicted molar refractivity (Wildman–Crippen MR) is 54.4 cm³/mol. The summed E-state index contributed by atoms with van der Waals surface area (Å²) in [5, 5.41) is 9.75. The van der Waals surface area contributed by atoms with Gasteiger partial charge in [-0.3, -0.25) is 4.79 Å². The van der Waals surface area contributed by atoms with E-state index in [2.05, 4.69) is 4.99 Å². The number of carbonyl (C=O) groups is 1. The largest absolute Gasteiger partial charge is 0.380 e. The molecule has 4 heteroatoms. The number of nitrogens with zero attached hydrogens (tertiary/aromatic N) is 1. The minimum atomic E-state index is -1.65. The van der Waals surface area contributed by atoms with Gasteiger partial charge in [-0.15, -0.1) is 0 Å². The molecule has 1 rings (SSSR count). The molecule has 1 unspecified atom stereocenters. The number of isocyanates is 1. The average molecular weight is 205 g/mol. The molecule has 0 aromatic heterocycles. The number of aliphatic imine (C=N–C) groups is 1. The van der Waals surface area contributed by atoms with Crippen molar-refractivity contribution in [2.75, 3.05) is 6.54 Å². The topological polar surface area (TPSA) is 66.7 Å². The minimum absolute atomic E-state index is 0.274. The molecule has 0 heterocycles. The van der Waals surface area contributed by atoms with E-state index in [1.807, 2.05) is 0 Å². The van der Waals surface area contributed by atoms with E-state index < -0.39 is 11.4 Å². The zero-order valence-electron chi connectivity index (χ0n) is 8.30. The van der Waals surface area contributed by atoms with E-state index in [0.29, 0.717) is 5.56 Å². The van der Waals surface area contributed by atoms with Crippen molar-refractivity contribution in [3.8, 4) is 0 Å². The predicted octanol–water partition coefficient (Wildman–Crippen LogP) is 0.956. The van der Waals surface area contributed by atoms with Crippen LogP contribution in [0.2, 0.25) is 0 Å². The first-order chi connectivity index (χ1) is 7.08. The monoisotopic (exact) mass is 205 g/mol. The molecule has 15 heavy (non-hydrogen) atoms. The number of hydrogen-bond donors (Lipinski definition) is 1. The zero-order chi connectivity index (χ0) is 11.3. The van der Waals surface area contributed by atoms with Crippen LogP contribution >= 0.6 is 0 Å². The molecule has 1 aromatic rings. The Balaban J connectivity index is 2.89. The highest BCUT2D eigenvalue weighted by molar-refractivity contribution is 6.02. The van der Waals surface area contributed by atoms with Gasteiger partial charge >= 0.3 is 0 Å². The molecule has 0 aliphatic carbocycles. The molecule has 78 valence electrons. The van der Waals surface area contributed by atoms with Crippen molar-refractivity contribution < 1.29 is 14.7 Å². The lowest BCUT2D eigenvalue weighted by molar-refractivity contribution is 0.0448. The zero-order valence-corrected chi connectivity index (χ0v) is 8.30. The second-order valence-electron chi connectivity index (χ2n) is 3.38. The van der Waals surface area contributed by atoms with Crippen LogP contribution in [0.3, 0.4) is 0 Å². The molecule has 1 N–H and O–H groups in total. The summed E-state index contributed by atoms with van der Waals surface area (Å²) >= 11 is 0. The highest BCUT2D eigenvalue weighted by Gasteiger charge is 2.30. The van der Waals surface area contributed by atoms with Crippen LogP contribution in [0.1, 0.15) is 17.3 Å². The van der Waals surface area contributed by atoms with E-state index in [1.165, 1.54) is 13.0 Å². The molecule has 0 radical (unpaired) electrons. The Bertz CT molecular complexity index is 392. The summed E-state index contributed by atoms with van der Waals surface area (Å²) in [6.07, 6.45) is 1.29. The van der Waals surface area contributed by atoms with Crippen molar-refractivity contribution in [1.82, 2.24) is 0 Å².